The normalized spacial score (nSPS) is 15.8. The summed E-state index contributed by atoms with van der Waals surface area (Å²) in [6.07, 6.45) is 0.934. The van der Waals surface area contributed by atoms with Gasteiger partial charge in [0.05, 0.1) is 5.69 Å². The van der Waals surface area contributed by atoms with Gasteiger partial charge in [0.25, 0.3) is 5.91 Å². The van der Waals surface area contributed by atoms with Crippen LogP contribution in [0.15, 0.2) is 27.8 Å². The van der Waals surface area contributed by atoms with E-state index in [1.165, 1.54) is 7.11 Å². The molecule has 0 saturated heterocycles. The predicted octanol–water partition coefficient (Wildman–Crippen LogP) is 2.88. The van der Waals surface area contributed by atoms with Gasteiger partial charge in [-0.3, -0.25) is 4.79 Å². The average molecular weight is 368 g/mol. The molecule has 0 fully saturated rings. The van der Waals surface area contributed by atoms with Gasteiger partial charge < -0.3 is 14.6 Å². The molecule has 0 spiro atoms. The molecule has 0 saturated carbocycles. The number of oxime groups is 1. The number of rotatable bonds is 7. The van der Waals surface area contributed by atoms with Gasteiger partial charge in [0, 0.05) is 16.6 Å². The summed E-state index contributed by atoms with van der Waals surface area (Å²) in [6, 6.07) is 5.81. The first-order valence-electron chi connectivity index (χ1n) is 7.57. The number of nitrogens with zero attached hydrogens (tertiary/aromatic N) is 3. The van der Waals surface area contributed by atoms with E-state index in [1.54, 1.807) is 4.90 Å². The first-order chi connectivity index (χ1) is 10.6. The Hall–Kier alpha value is -1.40. The van der Waals surface area contributed by atoms with Crippen LogP contribution in [0, 0.1) is 0 Å². The van der Waals surface area contributed by atoms with Crippen molar-refractivity contribution < 1.29 is 9.63 Å². The smallest absolute Gasteiger partial charge is 0.281 e. The maximum Gasteiger partial charge on any atom is 0.281 e. The zero-order valence-corrected chi connectivity index (χ0v) is 14.9. The lowest BCUT2D eigenvalue weighted by molar-refractivity contribution is -0.112. The Bertz CT molecular complexity index is 571. The second kappa shape index (κ2) is 7.74. The highest BCUT2D eigenvalue weighted by molar-refractivity contribution is 9.10. The maximum atomic E-state index is 12.6. The van der Waals surface area contributed by atoms with Gasteiger partial charge in [-0.1, -0.05) is 34.9 Å². The standard InChI is InChI=1S/C16H22BrN3O2/c1-4-19(5-2)9-6-10-20-14-8-7-12(17)11-13(14)15(16(20)21)18-22-3/h7-8,11H,4-6,9-10H2,1-3H3. The van der Waals surface area contributed by atoms with Gasteiger partial charge in [0.15, 0.2) is 5.71 Å². The van der Waals surface area contributed by atoms with Crippen LogP contribution in [0.4, 0.5) is 5.69 Å². The minimum atomic E-state index is -0.0884. The summed E-state index contributed by atoms with van der Waals surface area (Å²) >= 11 is 3.44. The molecular formula is C16H22BrN3O2. The van der Waals surface area contributed by atoms with Crippen LogP contribution in [0.5, 0.6) is 0 Å². The van der Waals surface area contributed by atoms with Crippen LogP contribution in [0.25, 0.3) is 0 Å². The molecular weight excluding hydrogens is 346 g/mol. The molecule has 0 N–H and O–H groups in total. The van der Waals surface area contributed by atoms with Gasteiger partial charge in [-0.2, -0.15) is 0 Å². The van der Waals surface area contributed by atoms with Crippen molar-refractivity contribution in [1.29, 1.82) is 0 Å². The molecule has 5 nitrogen and oxygen atoms in total. The van der Waals surface area contributed by atoms with Gasteiger partial charge in [0.2, 0.25) is 0 Å². The van der Waals surface area contributed by atoms with E-state index >= 15 is 0 Å². The highest BCUT2D eigenvalue weighted by Gasteiger charge is 2.34. The molecule has 0 aliphatic carbocycles. The Morgan fingerprint density at radius 1 is 1.32 bits per heavy atom. The van der Waals surface area contributed by atoms with Crippen molar-refractivity contribution in [3.8, 4) is 0 Å². The summed E-state index contributed by atoms with van der Waals surface area (Å²) in [6.45, 7) is 8.04. The van der Waals surface area contributed by atoms with Crippen LogP contribution in [-0.4, -0.2) is 49.8 Å². The minimum absolute atomic E-state index is 0.0884. The van der Waals surface area contributed by atoms with E-state index in [0.717, 1.165) is 41.8 Å². The fourth-order valence-electron chi connectivity index (χ4n) is 2.68. The van der Waals surface area contributed by atoms with Crippen LogP contribution in [0.3, 0.4) is 0 Å². The molecule has 0 radical (unpaired) electrons. The summed E-state index contributed by atoms with van der Waals surface area (Å²) < 4.78 is 0.924. The van der Waals surface area contributed by atoms with E-state index in [0.29, 0.717) is 12.3 Å². The molecule has 0 bridgehead atoms. The van der Waals surface area contributed by atoms with E-state index in [1.807, 2.05) is 18.2 Å². The van der Waals surface area contributed by atoms with Crippen molar-refractivity contribution >= 4 is 33.2 Å². The number of anilines is 1. The maximum absolute atomic E-state index is 12.6. The first-order valence-corrected chi connectivity index (χ1v) is 8.36. The monoisotopic (exact) mass is 367 g/mol. The molecule has 6 heteroatoms. The Morgan fingerprint density at radius 2 is 2.05 bits per heavy atom. The van der Waals surface area contributed by atoms with Crippen molar-refractivity contribution in [2.45, 2.75) is 20.3 Å². The quantitative estimate of drug-likeness (QED) is 0.696. The van der Waals surface area contributed by atoms with Gasteiger partial charge in [-0.25, -0.2) is 0 Å². The molecule has 1 aliphatic heterocycles. The largest absolute Gasteiger partial charge is 0.398 e. The molecule has 22 heavy (non-hydrogen) atoms. The summed E-state index contributed by atoms with van der Waals surface area (Å²) in [7, 11) is 1.46. The molecule has 1 aliphatic rings. The number of amides is 1. The highest BCUT2D eigenvalue weighted by Crippen LogP contribution is 2.32. The molecule has 1 aromatic rings. The first kappa shape index (κ1) is 17.0. The minimum Gasteiger partial charge on any atom is -0.398 e. The van der Waals surface area contributed by atoms with Crippen LogP contribution in [-0.2, 0) is 9.63 Å². The lowest BCUT2D eigenvalue weighted by Gasteiger charge is -2.21. The van der Waals surface area contributed by atoms with Gasteiger partial charge in [-0.05, 0) is 44.3 Å². The number of carbonyl (C=O) groups excluding carboxylic acids is 1. The van der Waals surface area contributed by atoms with Gasteiger partial charge in [0.1, 0.15) is 7.11 Å². The Balaban J connectivity index is 2.16. The van der Waals surface area contributed by atoms with Crippen LogP contribution in [0.1, 0.15) is 25.8 Å². The van der Waals surface area contributed by atoms with Crippen molar-refractivity contribution in [3.05, 3.63) is 28.2 Å². The fourth-order valence-corrected chi connectivity index (χ4v) is 3.04. The lowest BCUT2D eigenvalue weighted by atomic mass is 10.1. The van der Waals surface area contributed by atoms with E-state index in [2.05, 4.69) is 39.8 Å². The zero-order chi connectivity index (χ0) is 16.1. The Labute approximate surface area is 140 Å². The molecule has 2 rings (SSSR count). The van der Waals surface area contributed by atoms with E-state index in [-0.39, 0.29) is 5.91 Å². The number of carbonyl (C=O) groups is 1. The average Bonchev–Trinajstić information content (AvgIpc) is 2.77. The molecule has 0 aromatic heterocycles. The second-order valence-corrected chi connectivity index (χ2v) is 6.04. The van der Waals surface area contributed by atoms with Gasteiger partial charge in [-0.15, -0.1) is 0 Å². The predicted molar refractivity (Wildman–Crippen MR) is 92.4 cm³/mol. The molecule has 0 atom stereocenters. The van der Waals surface area contributed by atoms with Crippen LogP contribution in [0.2, 0.25) is 0 Å². The number of halogens is 1. The van der Waals surface area contributed by atoms with E-state index < -0.39 is 0 Å². The van der Waals surface area contributed by atoms with Crippen molar-refractivity contribution in [3.63, 3.8) is 0 Å². The molecule has 1 aromatic carbocycles. The van der Waals surface area contributed by atoms with Gasteiger partial charge >= 0.3 is 0 Å². The SMILES string of the molecule is CCN(CC)CCCN1C(=O)C(=NOC)c2cc(Br)ccc21. The second-order valence-electron chi connectivity index (χ2n) is 5.12. The summed E-state index contributed by atoms with van der Waals surface area (Å²) in [5.74, 6) is -0.0884. The number of benzene rings is 1. The topological polar surface area (TPSA) is 45.1 Å². The zero-order valence-electron chi connectivity index (χ0n) is 13.3. The van der Waals surface area contributed by atoms with Crippen molar-refractivity contribution in [2.75, 3.05) is 38.2 Å². The third kappa shape index (κ3) is 3.50. The molecule has 0 unspecified atom stereocenters. The lowest BCUT2D eigenvalue weighted by Crippen LogP contribution is -2.33. The summed E-state index contributed by atoms with van der Waals surface area (Å²) in [5, 5.41) is 3.91. The summed E-state index contributed by atoms with van der Waals surface area (Å²) in [5.41, 5.74) is 2.11. The third-order valence-electron chi connectivity index (χ3n) is 3.89. The van der Waals surface area contributed by atoms with Crippen molar-refractivity contribution in [1.82, 2.24) is 4.90 Å². The number of hydrogen-bond donors (Lipinski definition) is 0. The van der Waals surface area contributed by atoms with Crippen LogP contribution >= 0.6 is 15.9 Å². The Morgan fingerprint density at radius 3 is 2.68 bits per heavy atom. The molecule has 1 heterocycles. The molecule has 1 amide bonds. The summed E-state index contributed by atoms with van der Waals surface area (Å²) in [4.78, 5) is 21.5. The Kier molecular flexibility index (Phi) is 5.97. The third-order valence-corrected chi connectivity index (χ3v) is 4.38. The van der Waals surface area contributed by atoms with Crippen LogP contribution < -0.4 is 4.90 Å². The van der Waals surface area contributed by atoms with E-state index in [4.69, 9.17) is 4.84 Å². The van der Waals surface area contributed by atoms with Crippen molar-refractivity contribution in [2.24, 2.45) is 5.16 Å². The fraction of sp³-hybridized carbons (Fsp3) is 0.500. The molecule has 120 valence electrons. The number of hydrogen-bond acceptors (Lipinski definition) is 4. The highest BCUT2D eigenvalue weighted by atomic mass is 79.9. The van der Waals surface area contributed by atoms with E-state index in [9.17, 15) is 4.79 Å². The number of fused-ring (bicyclic) bond motifs is 1.